The van der Waals surface area contributed by atoms with Crippen molar-refractivity contribution in [3.05, 3.63) is 29.6 Å². The van der Waals surface area contributed by atoms with Crippen LogP contribution in [0.25, 0.3) is 0 Å². The number of benzene rings is 1. The molecule has 2 fully saturated rings. The van der Waals surface area contributed by atoms with Crippen molar-refractivity contribution in [1.82, 2.24) is 5.32 Å². The van der Waals surface area contributed by atoms with Gasteiger partial charge in [0.2, 0.25) is 0 Å². The number of hydrogen-bond acceptors (Lipinski definition) is 2. The highest BCUT2D eigenvalue weighted by Gasteiger charge is 2.46. The van der Waals surface area contributed by atoms with E-state index in [2.05, 4.69) is 5.32 Å². The summed E-state index contributed by atoms with van der Waals surface area (Å²) in [6.45, 7) is 1.11. The first-order valence-electron chi connectivity index (χ1n) is 6.81. The second kappa shape index (κ2) is 4.54. The van der Waals surface area contributed by atoms with Gasteiger partial charge in [0, 0.05) is 5.54 Å². The van der Waals surface area contributed by atoms with Gasteiger partial charge in [-0.1, -0.05) is 6.07 Å². The van der Waals surface area contributed by atoms with Crippen molar-refractivity contribution >= 4 is 0 Å². The van der Waals surface area contributed by atoms with Crippen LogP contribution in [-0.2, 0) is 6.42 Å². The van der Waals surface area contributed by atoms with E-state index in [4.69, 9.17) is 4.74 Å². The monoisotopic (exact) mass is 249 g/mol. The summed E-state index contributed by atoms with van der Waals surface area (Å²) in [5.41, 5.74) is 1.32. The van der Waals surface area contributed by atoms with Crippen molar-refractivity contribution < 1.29 is 9.13 Å². The Morgan fingerprint density at radius 3 is 2.83 bits per heavy atom. The first-order chi connectivity index (χ1) is 8.73. The van der Waals surface area contributed by atoms with Gasteiger partial charge < -0.3 is 10.1 Å². The number of ether oxygens (including phenoxy) is 1. The van der Waals surface area contributed by atoms with E-state index < -0.39 is 0 Å². The Morgan fingerprint density at radius 2 is 2.28 bits per heavy atom. The van der Waals surface area contributed by atoms with Crippen LogP contribution in [0.15, 0.2) is 18.2 Å². The summed E-state index contributed by atoms with van der Waals surface area (Å²) in [6, 6.07) is 5.36. The Bertz CT molecular complexity index is 436. The van der Waals surface area contributed by atoms with E-state index in [9.17, 15) is 4.39 Å². The average molecular weight is 249 g/mol. The lowest BCUT2D eigenvalue weighted by atomic mass is 9.84. The summed E-state index contributed by atoms with van der Waals surface area (Å²) in [5.74, 6) is 0.878. The normalized spacial score (nSPS) is 27.4. The zero-order valence-electron chi connectivity index (χ0n) is 10.8. The van der Waals surface area contributed by atoms with Crippen LogP contribution in [0.5, 0.6) is 5.75 Å². The first kappa shape index (κ1) is 12.0. The zero-order chi connectivity index (χ0) is 12.6. The van der Waals surface area contributed by atoms with E-state index in [1.807, 2.05) is 6.07 Å². The maximum absolute atomic E-state index is 13.7. The molecule has 0 bridgehead atoms. The Hall–Kier alpha value is -1.09. The highest BCUT2D eigenvalue weighted by molar-refractivity contribution is 5.31. The molecule has 3 rings (SSSR count). The van der Waals surface area contributed by atoms with Crippen LogP contribution >= 0.6 is 0 Å². The predicted molar refractivity (Wildman–Crippen MR) is 69.3 cm³/mol. The molecule has 1 saturated carbocycles. The van der Waals surface area contributed by atoms with Crippen molar-refractivity contribution in [2.75, 3.05) is 13.7 Å². The molecule has 1 N–H and O–H groups in total. The van der Waals surface area contributed by atoms with Crippen molar-refractivity contribution in [3.63, 3.8) is 0 Å². The quantitative estimate of drug-likeness (QED) is 0.886. The molecule has 98 valence electrons. The van der Waals surface area contributed by atoms with E-state index in [0.717, 1.165) is 24.4 Å². The smallest absolute Gasteiger partial charge is 0.165 e. The number of nitrogens with one attached hydrogen (secondary N) is 1. The fraction of sp³-hybridized carbons (Fsp3) is 0.600. The lowest BCUT2D eigenvalue weighted by molar-refractivity contribution is 0.322. The second-order valence-electron chi connectivity index (χ2n) is 5.61. The minimum Gasteiger partial charge on any atom is -0.494 e. The van der Waals surface area contributed by atoms with Crippen LogP contribution in [0, 0.1) is 11.7 Å². The largest absolute Gasteiger partial charge is 0.494 e. The maximum Gasteiger partial charge on any atom is 0.165 e. The fourth-order valence-electron chi connectivity index (χ4n) is 3.29. The topological polar surface area (TPSA) is 21.3 Å². The molecule has 1 aliphatic heterocycles. The van der Waals surface area contributed by atoms with E-state index in [0.29, 0.717) is 5.75 Å². The van der Waals surface area contributed by atoms with Gasteiger partial charge in [0.1, 0.15) is 0 Å². The molecule has 1 heterocycles. The molecule has 3 heteroatoms. The van der Waals surface area contributed by atoms with Gasteiger partial charge in [0.15, 0.2) is 11.6 Å². The van der Waals surface area contributed by atoms with Crippen molar-refractivity contribution in [1.29, 1.82) is 0 Å². The van der Waals surface area contributed by atoms with Crippen LogP contribution in [0.2, 0.25) is 0 Å². The second-order valence-corrected chi connectivity index (χ2v) is 5.61. The third-order valence-electron chi connectivity index (χ3n) is 4.37. The maximum atomic E-state index is 13.7. The number of methoxy groups -OCH3 is 1. The van der Waals surface area contributed by atoms with Gasteiger partial charge in [-0.05, 0) is 62.3 Å². The highest BCUT2D eigenvalue weighted by Crippen LogP contribution is 2.46. The number of halogens is 1. The van der Waals surface area contributed by atoms with E-state index in [1.54, 1.807) is 12.1 Å². The van der Waals surface area contributed by atoms with Crippen LogP contribution in [0.3, 0.4) is 0 Å². The molecule has 1 aromatic rings. The van der Waals surface area contributed by atoms with Gasteiger partial charge >= 0.3 is 0 Å². The molecule has 1 saturated heterocycles. The van der Waals surface area contributed by atoms with Crippen molar-refractivity contribution in [2.45, 2.75) is 37.6 Å². The average Bonchev–Trinajstić information content (AvgIpc) is 3.12. The van der Waals surface area contributed by atoms with Gasteiger partial charge in [-0.15, -0.1) is 0 Å². The SMILES string of the molecule is COc1ccc(CC2(C3CC3)CCCN2)cc1F. The Labute approximate surface area is 108 Å². The number of rotatable bonds is 4. The number of hydrogen-bond donors (Lipinski definition) is 1. The van der Waals surface area contributed by atoms with Crippen LogP contribution in [0.1, 0.15) is 31.2 Å². The fourth-order valence-corrected chi connectivity index (χ4v) is 3.29. The van der Waals surface area contributed by atoms with Crippen molar-refractivity contribution in [3.8, 4) is 5.75 Å². The van der Waals surface area contributed by atoms with Crippen LogP contribution in [-0.4, -0.2) is 19.2 Å². The van der Waals surface area contributed by atoms with Crippen LogP contribution < -0.4 is 10.1 Å². The van der Waals surface area contributed by atoms with Crippen molar-refractivity contribution in [2.24, 2.45) is 5.92 Å². The molecule has 0 aromatic heterocycles. The van der Waals surface area contributed by atoms with Gasteiger partial charge in [-0.25, -0.2) is 4.39 Å². The Morgan fingerprint density at radius 1 is 1.44 bits per heavy atom. The highest BCUT2D eigenvalue weighted by atomic mass is 19.1. The molecule has 0 amide bonds. The molecule has 2 aliphatic rings. The zero-order valence-corrected chi connectivity index (χ0v) is 10.8. The molecule has 0 spiro atoms. The summed E-state index contributed by atoms with van der Waals surface area (Å²) in [7, 11) is 1.50. The lowest BCUT2D eigenvalue weighted by Gasteiger charge is -2.30. The third-order valence-corrected chi connectivity index (χ3v) is 4.37. The Kier molecular flexibility index (Phi) is 3.02. The standard InChI is InChI=1S/C15H20FNO/c1-18-14-6-3-11(9-13(14)16)10-15(12-4-5-12)7-2-8-17-15/h3,6,9,12,17H,2,4-5,7-8,10H2,1H3. The molecule has 18 heavy (non-hydrogen) atoms. The van der Waals surface area contributed by atoms with Gasteiger partial charge in [0.05, 0.1) is 7.11 Å². The molecule has 0 radical (unpaired) electrons. The summed E-state index contributed by atoms with van der Waals surface area (Å²) < 4.78 is 18.7. The summed E-state index contributed by atoms with van der Waals surface area (Å²) in [6.07, 6.45) is 6.07. The van der Waals surface area contributed by atoms with Crippen LogP contribution in [0.4, 0.5) is 4.39 Å². The molecular formula is C15H20FNO. The lowest BCUT2D eigenvalue weighted by Crippen LogP contribution is -2.44. The van der Waals surface area contributed by atoms with Gasteiger partial charge in [-0.3, -0.25) is 0 Å². The molecular weight excluding hydrogens is 229 g/mol. The molecule has 1 aliphatic carbocycles. The molecule has 2 nitrogen and oxygen atoms in total. The van der Waals surface area contributed by atoms with E-state index in [-0.39, 0.29) is 11.4 Å². The third kappa shape index (κ3) is 2.12. The summed E-state index contributed by atoms with van der Waals surface area (Å²) in [4.78, 5) is 0. The van der Waals surface area contributed by atoms with Gasteiger partial charge in [0.25, 0.3) is 0 Å². The summed E-state index contributed by atoms with van der Waals surface area (Å²) in [5, 5.41) is 3.67. The Balaban J connectivity index is 1.80. The minimum absolute atomic E-state index is 0.237. The predicted octanol–water partition coefficient (Wildman–Crippen LogP) is 2.91. The minimum atomic E-state index is -0.251. The van der Waals surface area contributed by atoms with E-state index in [1.165, 1.54) is 32.8 Å². The molecule has 1 unspecified atom stereocenters. The summed E-state index contributed by atoms with van der Waals surface area (Å²) >= 11 is 0. The van der Waals surface area contributed by atoms with Gasteiger partial charge in [-0.2, -0.15) is 0 Å². The first-order valence-corrected chi connectivity index (χ1v) is 6.81. The molecule has 1 aromatic carbocycles. The van der Waals surface area contributed by atoms with E-state index >= 15 is 0 Å². The molecule has 1 atom stereocenters.